The Morgan fingerprint density at radius 1 is 1.10 bits per heavy atom. The molecule has 1 aliphatic carbocycles. The van der Waals surface area contributed by atoms with E-state index in [9.17, 15) is 4.79 Å². The fourth-order valence-corrected chi connectivity index (χ4v) is 4.00. The van der Waals surface area contributed by atoms with Crippen molar-refractivity contribution in [3.05, 3.63) is 82.9 Å². The normalized spacial score (nSPS) is 14.3. The number of H-pyrrole nitrogens is 1. The van der Waals surface area contributed by atoms with Gasteiger partial charge in [-0.2, -0.15) is 0 Å². The molecular formula is C25H28N2O4. The molecule has 0 unspecified atom stereocenters. The lowest BCUT2D eigenvalue weighted by molar-refractivity contribution is 0.0592. The van der Waals surface area contributed by atoms with Crippen LogP contribution >= 0.6 is 0 Å². The Hall–Kier alpha value is -2.96. The standard InChI is InChI=1S/C25H28N2O4/c1-29-14-15-30-17-21-19-8-5-9-22(28)20(19)10-11-23(21)31-24(16-25-26-12-13-27-25)18-6-3-2-4-7-18/h2-4,6-7,10-13,24H,5,8-9,14-17H2,1H3,(H,26,27)/t24-/m0/s1. The van der Waals surface area contributed by atoms with Crippen LogP contribution in [-0.4, -0.2) is 36.1 Å². The van der Waals surface area contributed by atoms with E-state index >= 15 is 0 Å². The number of Topliss-reactive ketones (excluding diaryl/α,β-unsaturated/α-hetero) is 1. The maximum atomic E-state index is 12.5. The first kappa shape index (κ1) is 21.3. The van der Waals surface area contributed by atoms with E-state index in [2.05, 4.69) is 22.1 Å². The molecule has 0 amide bonds. The monoisotopic (exact) mass is 420 g/mol. The number of imidazole rings is 1. The van der Waals surface area contributed by atoms with E-state index in [0.717, 1.165) is 46.7 Å². The predicted molar refractivity (Wildman–Crippen MR) is 117 cm³/mol. The number of methoxy groups -OCH3 is 1. The summed E-state index contributed by atoms with van der Waals surface area (Å²) in [5.41, 5.74) is 3.88. The number of fused-ring (bicyclic) bond motifs is 1. The molecule has 0 fully saturated rings. The molecule has 0 radical (unpaired) electrons. The number of ketones is 1. The first-order valence-corrected chi connectivity index (χ1v) is 10.7. The largest absolute Gasteiger partial charge is 0.485 e. The molecule has 1 atom stereocenters. The van der Waals surface area contributed by atoms with Gasteiger partial charge in [0.25, 0.3) is 0 Å². The number of ether oxygens (including phenoxy) is 3. The van der Waals surface area contributed by atoms with Gasteiger partial charge in [0.2, 0.25) is 0 Å². The first-order valence-electron chi connectivity index (χ1n) is 10.7. The highest BCUT2D eigenvalue weighted by atomic mass is 16.5. The molecule has 0 bridgehead atoms. The van der Waals surface area contributed by atoms with E-state index in [1.807, 2.05) is 36.5 Å². The molecule has 1 N–H and O–H groups in total. The third kappa shape index (κ3) is 5.21. The van der Waals surface area contributed by atoms with Gasteiger partial charge >= 0.3 is 0 Å². The Bertz CT molecular complexity index is 986. The lowest BCUT2D eigenvalue weighted by atomic mass is 9.87. The molecule has 0 aliphatic heterocycles. The summed E-state index contributed by atoms with van der Waals surface area (Å²) in [4.78, 5) is 20.0. The minimum Gasteiger partial charge on any atom is -0.485 e. The Balaban J connectivity index is 1.66. The number of aromatic amines is 1. The zero-order valence-electron chi connectivity index (χ0n) is 17.8. The molecule has 3 aromatic rings. The number of nitrogens with zero attached hydrogens (tertiary/aromatic N) is 1. The van der Waals surface area contributed by atoms with Gasteiger partial charge in [0.1, 0.15) is 17.7 Å². The van der Waals surface area contributed by atoms with Crippen LogP contribution in [0.15, 0.2) is 54.9 Å². The fraction of sp³-hybridized carbons (Fsp3) is 0.360. The lowest BCUT2D eigenvalue weighted by Crippen LogP contribution is -2.18. The van der Waals surface area contributed by atoms with Crippen molar-refractivity contribution in [3.8, 4) is 5.75 Å². The summed E-state index contributed by atoms with van der Waals surface area (Å²) in [7, 11) is 1.65. The van der Waals surface area contributed by atoms with E-state index in [-0.39, 0.29) is 11.9 Å². The quantitative estimate of drug-likeness (QED) is 0.491. The van der Waals surface area contributed by atoms with Crippen LogP contribution in [0.4, 0.5) is 0 Å². The molecule has 6 heteroatoms. The van der Waals surface area contributed by atoms with Gasteiger partial charge in [0.05, 0.1) is 19.8 Å². The molecule has 1 aromatic heterocycles. The van der Waals surface area contributed by atoms with Crippen molar-refractivity contribution in [2.24, 2.45) is 0 Å². The van der Waals surface area contributed by atoms with Crippen LogP contribution in [0.3, 0.4) is 0 Å². The number of carbonyl (C=O) groups is 1. The summed E-state index contributed by atoms with van der Waals surface area (Å²) in [6, 6.07) is 13.9. The van der Waals surface area contributed by atoms with Crippen molar-refractivity contribution in [2.45, 2.75) is 38.4 Å². The minimum atomic E-state index is -0.220. The molecule has 31 heavy (non-hydrogen) atoms. The van der Waals surface area contributed by atoms with E-state index in [0.29, 0.717) is 32.7 Å². The van der Waals surface area contributed by atoms with E-state index in [4.69, 9.17) is 14.2 Å². The van der Waals surface area contributed by atoms with E-state index in [1.54, 1.807) is 13.3 Å². The molecule has 0 saturated carbocycles. The molecule has 1 heterocycles. The molecule has 4 rings (SSSR count). The van der Waals surface area contributed by atoms with Crippen LogP contribution < -0.4 is 4.74 Å². The third-order valence-electron chi connectivity index (χ3n) is 5.57. The molecular weight excluding hydrogens is 392 g/mol. The molecule has 6 nitrogen and oxygen atoms in total. The highest BCUT2D eigenvalue weighted by molar-refractivity contribution is 5.99. The lowest BCUT2D eigenvalue weighted by Gasteiger charge is -2.25. The number of carbonyl (C=O) groups excluding carboxylic acids is 1. The van der Waals surface area contributed by atoms with Crippen molar-refractivity contribution in [3.63, 3.8) is 0 Å². The Labute approximate surface area is 182 Å². The van der Waals surface area contributed by atoms with Crippen LogP contribution in [0.25, 0.3) is 0 Å². The zero-order valence-corrected chi connectivity index (χ0v) is 17.8. The van der Waals surface area contributed by atoms with Gasteiger partial charge < -0.3 is 19.2 Å². The minimum absolute atomic E-state index is 0.195. The van der Waals surface area contributed by atoms with Crippen LogP contribution in [0, 0.1) is 0 Å². The van der Waals surface area contributed by atoms with Gasteiger partial charge in [-0.25, -0.2) is 4.98 Å². The first-order chi connectivity index (χ1) is 15.3. The highest BCUT2D eigenvalue weighted by Gasteiger charge is 2.25. The number of benzene rings is 2. The zero-order chi connectivity index (χ0) is 21.5. The molecule has 0 spiro atoms. The molecule has 162 valence electrons. The van der Waals surface area contributed by atoms with Crippen molar-refractivity contribution in [1.29, 1.82) is 0 Å². The van der Waals surface area contributed by atoms with Crippen LogP contribution in [0.2, 0.25) is 0 Å². The molecule has 2 aromatic carbocycles. The molecule has 0 saturated heterocycles. The van der Waals surface area contributed by atoms with Gasteiger partial charge in [0.15, 0.2) is 5.78 Å². The molecule has 1 aliphatic rings. The Morgan fingerprint density at radius 2 is 1.97 bits per heavy atom. The van der Waals surface area contributed by atoms with Gasteiger partial charge in [0, 0.05) is 43.5 Å². The topological polar surface area (TPSA) is 73.4 Å². The van der Waals surface area contributed by atoms with Crippen molar-refractivity contribution in [2.75, 3.05) is 20.3 Å². The van der Waals surface area contributed by atoms with Gasteiger partial charge in [-0.05, 0) is 36.1 Å². The summed E-state index contributed by atoms with van der Waals surface area (Å²) < 4.78 is 17.5. The average Bonchev–Trinajstić information content (AvgIpc) is 3.31. The van der Waals surface area contributed by atoms with Crippen molar-refractivity contribution >= 4 is 5.78 Å². The maximum Gasteiger partial charge on any atom is 0.163 e. The van der Waals surface area contributed by atoms with E-state index in [1.165, 1.54) is 0 Å². The van der Waals surface area contributed by atoms with E-state index < -0.39 is 0 Å². The number of nitrogens with one attached hydrogen (secondary N) is 1. The Kier molecular flexibility index (Phi) is 7.12. The van der Waals surface area contributed by atoms with Gasteiger partial charge in [-0.15, -0.1) is 0 Å². The SMILES string of the molecule is COCCOCc1c(O[C@@H](Cc2ncc[nH]2)c2ccccc2)ccc2c1CCCC2=O. The number of rotatable bonds is 10. The predicted octanol–water partition coefficient (Wildman–Crippen LogP) is 4.45. The number of hydrogen-bond acceptors (Lipinski definition) is 5. The summed E-state index contributed by atoms with van der Waals surface area (Å²) >= 11 is 0. The smallest absolute Gasteiger partial charge is 0.163 e. The summed E-state index contributed by atoms with van der Waals surface area (Å²) in [5.74, 6) is 1.81. The van der Waals surface area contributed by atoms with Gasteiger partial charge in [-0.3, -0.25) is 4.79 Å². The second kappa shape index (κ2) is 10.4. The number of aromatic nitrogens is 2. The summed E-state index contributed by atoms with van der Waals surface area (Å²) in [6.45, 7) is 1.40. The van der Waals surface area contributed by atoms with Gasteiger partial charge in [-0.1, -0.05) is 30.3 Å². The summed E-state index contributed by atoms with van der Waals surface area (Å²) in [5, 5.41) is 0. The average molecular weight is 421 g/mol. The van der Waals surface area contributed by atoms with Crippen molar-refractivity contribution < 1.29 is 19.0 Å². The summed E-state index contributed by atoms with van der Waals surface area (Å²) in [6.07, 6.45) is 6.26. The number of hydrogen-bond donors (Lipinski definition) is 1. The van der Waals surface area contributed by atoms with Crippen molar-refractivity contribution in [1.82, 2.24) is 9.97 Å². The second-order valence-corrected chi connectivity index (χ2v) is 7.65. The third-order valence-corrected chi connectivity index (χ3v) is 5.57. The van der Waals surface area contributed by atoms with Crippen LogP contribution in [0.1, 0.15) is 51.8 Å². The Morgan fingerprint density at radius 3 is 2.74 bits per heavy atom. The second-order valence-electron chi connectivity index (χ2n) is 7.65. The highest BCUT2D eigenvalue weighted by Crippen LogP contribution is 2.35. The fourth-order valence-electron chi connectivity index (χ4n) is 4.00. The van der Waals surface area contributed by atoms with Crippen LogP contribution in [-0.2, 0) is 28.9 Å². The van der Waals surface area contributed by atoms with Crippen LogP contribution in [0.5, 0.6) is 5.75 Å². The maximum absolute atomic E-state index is 12.5.